The molecular weight excluding hydrogens is 373 g/mol. The number of aromatic nitrogens is 6. The quantitative estimate of drug-likeness (QED) is 0.537. The van der Waals surface area contributed by atoms with E-state index in [0.29, 0.717) is 5.82 Å². The summed E-state index contributed by atoms with van der Waals surface area (Å²) in [6.07, 6.45) is 1.38. The molecule has 2 heterocycles. The van der Waals surface area contributed by atoms with Crippen molar-refractivity contribution in [2.75, 3.05) is 5.32 Å². The number of hydrogen-bond donors (Lipinski definition) is 2. The minimum Gasteiger partial charge on any atom is -0.434 e. The van der Waals surface area contributed by atoms with Crippen molar-refractivity contribution in [3.8, 4) is 23.0 Å². The van der Waals surface area contributed by atoms with E-state index < -0.39 is 5.82 Å². The number of halogens is 2. The fourth-order valence-electron chi connectivity index (χ4n) is 2.23. The van der Waals surface area contributed by atoms with E-state index in [0.717, 1.165) is 11.3 Å². The Morgan fingerprint density at radius 1 is 1.07 bits per heavy atom. The van der Waals surface area contributed by atoms with Crippen LogP contribution in [0.25, 0.3) is 11.4 Å². The number of rotatable bonds is 5. The van der Waals surface area contributed by atoms with Gasteiger partial charge in [-0.1, -0.05) is 23.7 Å². The largest absolute Gasteiger partial charge is 0.434 e. The van der Waals surface area contributed by atoms with Crippen LogP contribution in [0, 0.1) is 5.82 Å². The first-order valence-corrected chi connectivity index (χ1v) is 8.13. The number of nitrogens with one attached hydrogen (secondary N) is 2. The lowest BCUT2D eigenvalue weighted by atomic mass is 10.2. The minimum atomic E-state index is -0.515. The number of nitrogens with zero attached hydrogens (tertiary/aromatic N) is 5. The van der Waals surface area contributed by atoms with Gasteiger partial charge in [-0.05, 0) is 41.6 Å². The molecule has 27 heavy (non-hydrogen) atoms. The normalized spacial score (nSPS) is 10.6. The fraction of sp³-hybridized carbons (Fsp3) is 0. The van der Waals surface area contributed by atoms with Crippen LogP contribution in [-0.4, -0.2) is 30.6 Å². The number of tetrazole rings is 1. The van der Waals surface area contributed by atoms with E-state index in [2.05, 4.69) is 35.9 Å². The summed E-state index contributed by atoms with van der Waals surface area (Å²) in [6.45, 7) is 0. The van der Waals surface area contributed by atoms with Crippen molar-refractivity contribution in [3.05, 3.63) is 65.6 Å². The second-order valence-electron chi connectivity index (χ2n) is 5.32. The highest BCUT2D eigenvalue weighted by molar-refractivity contribution is 6.31. The Labute approximate surface area is 157 Å². The minimum absolute atomic E-state index is 0.0218. The first-order valence-electron chi connectivity index (χ1n) is 7.75. The molecule has 2 N–H and O–H groups in total. The molecule has 0 spiro atoms. The fourth-order valence-corrected chi connectivity index (χ4v) is 2.36. The summed E-state index contributed by atoms with van der Waals surface area (Å²) in [7, 11) is 0. The third kappa shape index (κ3) is 3.82. The molecule has 0 bridgehead atoms. The van der Waals surface area contributed by atoms with Crippen molar-refractivity contribution in [1.29, 1.82) is 0 Å². The molecule has 0 aliphatic heterocycles. The molecule has 8 nitrogen and oxygen atoms in total. The van der Waals surface area contributed by atoms with Gasteiger partial charge in [0.1, 0.15) is 5.02 Å². The van der Waals surface area contributed by atoms with Crippen LogP contribution in [-0.2, 0) is 0 Å². The predicted molar refractivity (Wildman–Crippen MR) is 96.4 cm³/mol. The maximum absolute atomic E-state index is 13.8. The van der Waals surface area contributed by atoms with E-state index in [1.807, 2.05) is 12.1 Å². The van der Waals surface area contributed by atoms with Crippen molar-refractivity contribution in [3.63, 3.8) is 0 Å². The van der Waals surface area contributed by atoms with Crippen LogP contribution < -0.4 is 10.1 Å². The Morgan fingerprint density at radius 3 is 2.63 bits per heavy atom. The van der Waals surface area contributed by atoms with Gasteiger partial charge < -0.3 is 10.1 Å². The predicted octanol–water partition coefficient (Wildman–Crippen LogP) is 3.99. The molecule has 0 saturated heterocycles. The van der Waals surface area contributed by atoms with E-state index in [1.165, 1.54) is 18.3 Å². The summed E-state index contributed by atoms with van der Waals surface area (Å²) >= 11 is 6.06. The summed E-state index contributed by atoms with van der Waals surface area (Å²) in [5.74, 6) is 0.290. The molecule has 0 atom stereocenters. The molecule has 134 valence electrons. The molecule has 0 saturated carbocycles. The highest BCUT2D eigenvalue weighted by Gasteiger charge is 2.11. The van der Waals surface area contributed by atoms with Gasteiger partial charge in [-0.3, -0.25) is 0 Å². The van der Waals surface area contributed by atoms with Crippen LogP contribution in [0.4, 0.5) is 16.0 Å². The highest BCUT2D eigenvalue weighted by atomic mass is 35.5. The summed E-state index contributed by atoms with van der Waals surface area (Å²) in [6, 6.07) is 13.2. The maximum Gasteiger partial charge on any atom is 0.243 e. The molecule has 4 rings (SSSR count). The van der Waals surface area contributed by atoms with Crippen LogP contribution in [0.5, 0.6) is 11.6 Å². The first kappa shape index (κ1) is 16.9. The van der Waals surface area contributed by atoms with Gasteiger partial charge in [0.2, 0.25) is 17.7 Å². The average molecular weight is 384 g/mol. The van der Waals surface area contributed by atoms with Gasteiger partial charge in [0, 0.05) is 11.3 Å². The molecule has 0 aliphatic rings. The van der Waals surface area contributed by atoms with Crippen LogP contribution in [0.3, 0.4) is 0 Å². The van der Waals surface area contributed by atoms with Gasteiger partial charge >= 0.3 is 0 Å². The van der Waals surface area contributed by atoms with Gasteiger partial charge in [0.15, 0.2) is 11.6 Å². The van der Waals surface area contributed by atoms with Gasteiger partial charge in [-0.15, -0.1) is 10.2 Å². The maximum atomic E-state index is 13.8. The summed E-state index contributed by atoms with van der Waals surface area (Å²) in [5, 5.41) is 16.9. The second-order valence-corrected chi connectivity index (χ2v) is 5.72. The third-order valence-electron chi connectivity index (χ3n) is 3.50. The Kier molecular flexibility index (Phi) is 4.58. The Hall–Kier alpha value is -3.59. The molecule has 0 fully saturated rings. The smallest absolute Gasteiger partial charge is 0.243 e. The van der Waals surface area contributed by atoms with Crippen molar-refractivity contribution in [2.24, 2.45) is 0 Å². The lowest BCUT2D eigenvalue weighted by Crippen LogP contribution is -2.00. The van der Waals surface area contributed by atoms with Gasteiger partial charge in [0.05, 0.1) is 6.20 Å². The van der Waals surface area contributed by atoms with Crippen LogP contribution in [0.1, 0.15) is 0 Å². The molecule has 4 aromatic rings. The number of ether oxygens (including phenoxy) is 1. The van der Waals surface area contributed by atoms with E-state index in [9.17, 15) is 4.39 Å². The van der Waals surface area contributed by atoms with Crippen LogP contribution in [0.15, 0.2) is 54.7 Å². The van der Waals surface area contributed by atoms with E-state index in [-0.39, 0.29) is 22.6 Å². The third-order valence-corrected chi connectivity index (χ3v) is 3.76. The average Bonchev–Trinajstić information content (AvgIpc) is 3.22. The molecule has 2 aromatic carbocycles. The van der Waals surface area contributed by atoms with Gasteiger partial charge in [-0.25, -0.2) is 9.37 Å². The Bertz CT molecular complexity index is 1060. The Morgan fingerprint density at radius 2 is 1.89 bits per heavy atom. The van der Waals surface area contributed by atoms with Crippen molar-refractivity contribution in [1.82, 2.24) is 30.6 Å². The zero-order valence-electron chi connectivity index (χ0n) is 13.6. The highest BCUT2D eigenvalue weighted by Crippen LogP contribution is 2.29. The molecule has 10 heteroatoms. The zero-order valence-corrected chi connectivity index (χ0v) is 14.4. The molecule has 0 unspecified atom stereocenters. The lowest BCUT2D eigenvalue weighted by Gasteiger charge is -2.10. The molecule has 0 aliphatic carbocycles. The molecule has 2 aromatic heterocycles. The number of H-pyrrole nitrogens is 1. The van der Waals surface area contributed by atoms with Crippen LogP contribution in [0.2, 0.25) is 5.02 Å². The second kappa shape index (κ2) is 7.34. The topological polar surface area (TPSA) is 102 Å². The SMILES string of the molecule is Fc1ccccc1Oc1nc(Nc2ccc(-c3nn[nH]n3)cc2)ncc1Cl. The van der Waals surface area contributed by atoms with E-state index in [4.69, 9.17) is 16.3 Å². The number of aromatic amines is 1. The van der Waals surface area contributed by atoms with Gasteiger partial charge in [0.25, 0.3) is 0 Å². The summed E-state index contributed by atoms with van der Waals surface area (Å²) in [4.78, 5) is 8.30. The summed E-state index contributed by atoms with van der Waals surface area (Å²) < 4.78 is 19.2. The van der Waals surface area contributed by atoms with Crippen molar-refractivity contribution < 1.29 is 9.13 Å². The van der Waals surface area contributed by atoms with E-state index >= 15 is 0 Å². The molecule has 0 radical (unpaired) electrons. The first-order chi connectivity index (χ1) is 13.2. The molecule has 0 amide bonds. The van der Waals surface area contributed by atoms with Crippen LogP contribution >= 0.6 is 11.6 Å². The Balaban J connectivity index is 1.53. The number of hydrogen-bond acceptors (Lipinski definition) is 7. The zero-order chi connectivity index (χ0) is 18.6. The standard InChI is InChI=1S/C17H11ClFN7O/c18-12-9-20-17(22-16(12)27-14-4-2-1-3-13(14)19)21-11-7-5-10(6-8-11)15-23-25-26-24-15/h1-9H,(H,20,21,22)(H,23,24,25,26). The summed E-state index contributed by atoms with van der Waals surface area (Å²) in [5.41, 5.74) is 1.52. The van der Waals surface area contributed by atoms with Crippen molar-refractivity contribution in [2.45, 2.75) is 0 Å². The number of anilines is 2. The van der Waals surface area contributed by atoms with Crippen molar-refractivity contribution >= 4 is 23.2 Å². The monoisotopic (exact) mass is 383 g/mol. The number of para-hydroxylation sites is 1. The number of benzene rings is 2. The molecular formula is C17H11ClFN7O. The van der Waals surface area contributed by atoms with E-state index in [1.54, 1.807) is 24.3 Å². The lowest BCUT2D eigenvalue weighted by molar-refractivity contribution is 0.427. The van der Waals surface area contributed by atoms with Gasteiger partial charge in [-0.2, -0.15) is 10.2 Å².